The van der Waals surface area contributed by atoms with Crippen molar-refractivity contribution in [2.75, 3.05) is 39.3 Å². The van der Waals surface area contributed by atoms with Crippen molar-refractivity contribution in [2.24, 2.45) is 11.8 Å². The molecule has 0 N–H and O–H groups in total. The molecule has 3 rings (SSSR count). The summed E-state index contributed by atoms with van der Waals surface area (Å²) in [5.74, 6) is 1.71. The second kappa shape index (κ2) is 8.77. The third-order valence-electron chi connectivity index (χ3n) is 5.86. The number of benzene rings is 1. The number of nitro groups is 1. The third-order valence-corrected chi connectivity index (χ3v) is 5.86. The molecule has 2 saturated heterocycles. The lowest BCUT2D eigenvalue weighted by Gasteiger charge is -2.37. The van der Waals surface area contributed by atoms with E-state index in [2.05, 4.69) is 16.7 Å². The van der Waals surface area contributed by atoms with Gasteiger partial charge in [-0.25, -0.2) is 0 Å². The molecular weight excluding hydrogens is 314 g/mol. The smallest absolute Gasteiger partial charge is 0.269 e. The van der Waals surface area contributed by atoms with Crippen LogP contribution in [0.15, 0.2) is 24.3 Å². The quantitative estimate of drug-likeness (QED) is 0.584. The molecule has 1 aromatic rings. The van der Waals surface area contributed by atoms with Crippen LogP contribution in [0, 0.1) is 22.0 Å². The third kappa shape index (κ3) is 5.51. The lowest BCUT2D eigenvalue weighted by molar-refractivity contribution is -0.384. The Morgan fingerprint density at radius 3 is 2.48 bits per heavy atom. The number of nitrogens with zero attached hydrogens (tertiary/aromatic N) is 3. The first kappa shape index (κ1) is 18.3. The fourth-order valence-corrected chi connectivity index (χ4v) is 4.18. The second-order valence-corrected chi connectivity index (χ2v) is 7.97. The normalized spacial score (nSPS) is 23.6. The van der Waals surface area contributed by atoms with Gasteiger partial charge < -0.3 is 9.80 Å². The summed E-state index contributed by atoms with van der Waals surface area (Å²) in [6, 6.07) is 7.03. The van der Waals surface area contributed by atoms with Crippen LogP contribution in [0.1, 0.15) is 38.2 Å². The van der Waals surface area contributed by atoms with Crippen LogP contribution in [-0.4, -0.2) is 54.0 Å². The molecule has 25 heavy (non-hydrogen) atoms. The van der Waals surface area contributed by atoms with Gasteiger partial charge >= 0.3 is 0 Å². The molecule has 5 nitrogen and oxygen atoms in total. The number of rotatable bonds is 6. The Balaban J connectivity index is 1.42. The molecule has 2 heterocycles. The van der Waals surface area contributed by atoms with E-state index in [4.69, 9.17) is 0 Å². The number of likely N-dealkylation sites (tertiary alicyclic amines) is 2. The van der Waals surface area contributed by atoms with E-state index < -0.39 is 0 Å². The zero-order chi connectivity index (χ0) is 17.6. The predicted molar refractivity (Wildman–Crippen MR) is 101 cm³/mol. The summed E-state index contributed by atoms with van der Waals surface area (Å²) < 4.78 is 0. The molecule has 1 atom stereocenters. The Bertz CT molecular complexity index is 553. The molecule has 0 amide bonds. The van der Waals surface area contributed by atoms with Crippen LogP contribution in [0.3, 0.4) is 0 Å². The first-order valence-corrected chi connectivity index (χ1v) is 9.78. The Morgan fingerprint density at radius 2 is 1.80 bits per heavy atom. The Kier molecular flexibility index (Phi) is 6.43. The van der Waals surface area contributed by atoms with Crippen molar-refractivity contribution in [2.45, 2.75) is 39.0 Å². The van der Waals surface area contributed by atoms with Gasteiger partial charge in [-0.1, -0.05) is 19.1 Å². The molecule has 2 aliphatic heterocycles. The largest absolute Gasteiger partial charge is 0.303 e. The van der Waals surface area contributed by atoms with Crippen LogP contribution < -0.4 is 0 Å². The Hall–Kier alpha value is -1.46. The van der Waals surface area contributed by atoms with Gasteiger partial charge in [-0.3, -0.25) is 10.1 Å². The maximum absolute atomic E-state index is 10.7. The van der Waals surface area contributed by atoms with E-state index in [9.17, 15) is 10.1 Å². The zero-order valence-corrected chi connectivity index (χ0v) is 15.4. The van der Waals surface area contributed by atoms with E-state index in [0.717, 1.165) is 24.8 Å². The van der Waals surface area contributed by atoms with Gasteiger partial charge in [-0.05, 0) is 69.1 Å². The number of non-ortho nitro benzene ring substituents is 1. The van der Waals surface area contributed by atoms with Gasteiger partial charge in [-0.15, -0.1) is 0 Å². The summed E-state index contributed by atoms with van der Waals surface area (Å²) in [6.07, 6.45) is 6.36. The molecular formula is C20H31N3O2. The molecule has 0 spiro atoms. The Labute approximate surface area is 151 Å². The average molecular weight is 345 g/mol. The maximum Gasteiger partial charge on any atom is 0.269 e. The standard InChI is InChI=1S/C20H31N3O2/c1-17-8-12-22(13-9-17)16-19-3-2-11-21(15-19)14-10-18-4-6-20(7-5-18)23(24)25/h4-7,17,19H,2-3,8-16H2,1H3/t19-/m1/s1. The van der Waals surface area contributed by atoms with Crippen LogP contribution in [0.5, 0.6) is 0 Å². The van der Waals surface area contributed by atoms with Gasteiger partial charge in [0.15, 0.2) is 0 Å². The molecule has 2 fully saturated rings. The van der Waals surface area contributed by atoms with E-state index in [1.807, 2.05) is 12.1 Å². The maximum atomic E-state index is 10.7. The van der Waals surface area contributed by atoms with Crippen molar-refractivity contribution in [3.8, 4) is 0 Å². The van der Waals surface area contributed by atoms with Crippen LogP contribution in [0.4, 0.5) is 5.69 Å². The van der Waals surface area contributed by atoms with Gasteiger partial charge in [0.05, 0.1) is 4.92 Å². The lowest BCUT2D eigenvalue weighted by atomic mass is 9.94. The van der Waals surface area contributed by atoms with Gasteiger partial charge in [0, 0.05) is 31.8 Å². The Morgan fingerprint density at radius 1 is 1.08 bits per heavy atom. The van der Waals surface area contributed by atoms with Crippen LogP contribution >= 0.6 is 0 Å². The molecule has 0 saturated carbocycles. The summed E-state index contributed by atoms with van der Waals surface area (Å²) in [5, 5.41) is 10.7. The number of piperidine rings is 2. The second-order valence-electron chi connectivity index (χ2n) is 7.97. The van der Waals surface area contributed by atoms with Gasteiger partial charge in [0.2, 0.25) is 0 Å². The highest BCUT2D eigenvalue weighted by Gasteiger charge is 2.24. The van der Waals surface area contributed by atoms with E-state index in [0.29, 0.717) is 0 Å². The molecule has 0 aliphatic carbocycles. The summed E-state index contributed by atoms with van der Waals surface area (Å²) in [5.41, 5.74) is 1.37. The van der Waals surface area contributed by atoms with Crippen LogP contribution in [0.25, 0.3) is 0 Å². The van der Waals surface area contributed by atoms with Gasteiger partial charge in [-0.2, -0.15) is 0 Å². The van der Waals surface area contributed by atoms with Crippen molar-refractivity contribution in [3.05, 3.63) is 39.9 Å². The summed E-state index contributed by atoms with van der Waals surface area (Å²) in [6.45, 7) is 9.66. The van der Waals surface area contributed by atoms with Crippen molar-refractivity contribution < 1.29 is 4.92 Å². The van der Waals surface area contributed by atoms with Gasteiger partial charge in [0.25, 0.3) is 5.69 Å². The molecule has 0 bridgehead atoms. The summed E-state index contributed by atoms with van der Waals surface area (Å²) >= 11 is 0. The number of nitro benzene ring substituents is 1. The number of hydrogen-bond donors (Lipinski definition) is 0. The van der Waals surface area contributed by atoms with Crippen LogP contribution in [-0.2, 0) is 6.42 Å². The monoisotopic (exact) mass is 345 g/mol. The van der Waals surface area contributed by atoms with Crippen molar-refractivity contribution in [1.82, 2.24) is 9.80 Å². The van der Waals surface area contributed by atoms with Crippen molar-refractivity contribution in [3.63, 3.8) is 0 Å². The molecule has 0 unspecified atom stereocenters. The highest BCUT2D eigenvalue weighted by atomic mass is 16.6. The van der Waals surface area contributed by atoms with Crippen molar-refractivity contribution in [1.29, 1.82) is 0 Å². The minimum absolute atomic E-state index is 0.178. The number of hydrogen-bond acceptors (Lipinski definition) is 4. The molecule has 1 aromatic carbocycles. The summed E-state index contributed by atoms with van der Waals surface area (Å²) in [7, 11) is 0. The highest BCUT2D eigenvalue weighted by Crippen LogP contribution is 2.22. The van der Waals surface area contributed by atoms with Crippen LogP contribution in [0.2, 0.25) is 0 Å². The van der Waals surface area contributed by atoms with E-state index >= 15 is 0 Å². The van der Waals surface area contributed by atoms with E-state index in [1.165, 1.54) is 64.0 Å². The molecule has 0 radical (unpaired) electrons. The molecule has 5 heteroatoms. The van der Waals surface area contributed by atoms with Gasteiger partial charge in [0.1, 0.15) is 0 Å². The lowest BCUT2D eigenvalue weighted by Crippen LogP contribution is -2.43. The summed E-state index contributed by atoms with van der Waals surface area (Å²) in [4.78, 5) is 15.7. The topological polar surface area (TPSA) is 49.6 Å². The minimum Gasteiger partial charge on any atom is -0.303 e. The first-order chi connectivity index (χ1) is 12.1. The van der Waals surface area contributed by atoms with Crippen molar-refractivity contribution >= 4 is 5.69 Å². The molecule has 0 aromatic heterocycles. The highest BCUT2D eigenvalue weighted by molar-refractivity contribution is 5.32. The fraction of sp³-hybridized carbons (Fsp3) is 0.700. The average Bonchev–Trinajstić information content (AvgIpc) is 2.63. The van der Waals surface area contributed by atoms with E-state index in [1.54, 1.807) is 12.1 Å². The predicted octanol–water partition coefficient (Wildman–Crippen LogP) is 3.58. The SMILES string of the molecule is CC1CCN(C[C@@H]2CCCN(CCc3ccc([N+](=O)[O-])cc3)C2)CC1. The van der Waals surface area contributed by atoms with E-state index in [-0.39, 0.29) is 10.6 Å². The molecule has 2 aliphatic rings. The first-order valence-electron chi connectivity index (χ1n) is 9.78. The minimum atomic E-state index is -0.333. The fourth-order valence-electron chi connectivity index (χ4n) is 4.18. The zero-order valence-electron chi connectivity index (χ0n) is 15.4. The molecule has 138 valence electrons.